The first kappa shape index (κ1) is 9.75. The van der Waals surface area contributed by atoms with Crippen molar-refractivity contribution in [3.8, 4) is 0 Å². The van der Waals surface area contributed by atoms with Crippen LogP contribution in [0.2, 0.25) is 0 Å². The monoisotopic (exact) mass is 194 g/mol. The summed E-state index contributed by atoms with van der Waals surface area (Å²) in [5, 5.41) is 0. The van der Waals surface area contributed by atoms with E-state index in [0.29, 0.717) is 5.92 Å². The van der Waals surface area contributed by atoms with Crippen LogP contribution in [0, 0.1) is 16.7 Å². The molecule has 0 N–H and O–H groups in total. The van der Waals surface area contributed by atoms with Gasteiger partial charge in [-0.15, -0.1) is 0 Å². The molecule has 14 heavy (non-hydrogen) atoms. The molecular formula is C12H18O2. The fraction of sp³-hybridized carbons (Fsp3) is 0.750. The van der Waals surface area contributed by atoms with E-state index in [1.54, 1.807) is 0 Å². The molecule has 0 aromatic heterocycles. The minimum Gasteiger partial charge on any atom is -0.466 e. The van der Waals surface area contributed by atoms with Gasteiger partial charge in [0.1, 0.15) is 0 Å². The maximum atomic E-state index is 11.6. The van der Waals surface area contributed by atoms with Crippen LogP contribution < -0.4 is 0 Å². The third-order valence-corrected chi connectivity index (χ3v) is 4.67. The van der Waals surface area contributed by atoms with Crippen molar-refractivity contribution in [1.82, 2.24) is 0 Å². The molecule has 2 unspecified atom stereocenters. The van der Waals surface area contributed by atoms with Gasteiger partial charge in [0.15, 0.2) is 0 Å². The number of esters is 1. The summed E-state index contributed by atoms with van der Waals surface area (Å²) in [7, 11) is 1.46. The zero-order chi connectivity index (χ0) is 10.6. The van der Waals surface area contributed by atoms with E-state index in [4.69, 9.17) is 4.74 Å². The Labute approximate surface area is 85.3 Å². The Morgan fingerprint density at radius 3 is 2.50 bits per heavy atom. The molecule has 2 aliphatic rings. The lowest BCUT2D eigenvalue weighted by Crippen LogP contribution is -2.32. The molecule has 0 aliphatic heterocycles. The fourth-order valence-corrected chi connectivity index (χ4v) is 3.10. The molecule has 2 aliphatic carbocycles. The molecule has 0 heterocycles. The topological polar surface area (TPSA) is 26.3 Å². The SMILES string of the molecule is COC(=O)C1=CC2CCC1(C)C2(C)C. The highest BCUT2D eigenvalue weighted by atomic mass is 16.5. The van der Waals surface area contributed by atoms with Crippen LogP contribution in [0.1, 0.15) is 33.6 Å². The van der Waals surface area contributed by atoms with Crippen LogP contribution in [0.25, 0.3) is 0 Å². The van der Waals surface area contributed by atoms with Crippen molar-refractivity contribution in [2.45, 2.75) is 33.6 Å². The number of ether oxygens (including phenoxy) is 1. The largest absolute Gasteiger partial charge is 0.466 e. The van der Waals surface area contributed by atoms with E-state index in [1.807, 2.05) is 0 Å². The Balaban J connectivity index is 2.41. The second-order valence-corrected chi connectivity index (χ2v) is 5.27. The Bertz CT molecular complexity index is 314. The van der Waals surface area contributed by atoms with E-state index in [1.165, 1.54) is 13.5 Å². The molecule has 1 fully saturated rings. The summed E-state index contributed by atoms with van der Waals surface area (Å²) in [5.74, 6) is 0.421. The number of rotatable bonds is 1. The third-order valence-electron chi connectivity index (χ3n) is 4.67. The van der Waals surface area contributed by atoms with Gasteiger partial charge in [0, 0.05) is 11.0 Å². The summed E-state index contributed by atoms with van der Waals surface area (Å²) in [5.41, 5.74) is 1.16. The van der Waals surface area contributed by atoms with Crippen molar-refractivity contribution in [3.05, 3.63) is 11.6 Å². The van der Waals surface area contributed by atoms with Crippen molar-refractivity contribution in [1.29, 1.82) is 0 Å². The van der Waals surface area contributed by atoms with E-state index < -0.39 is 0 Å². The molecule has 2 atom stereocenters. The van der Waals surface area contributed by atoms with E-state index in [9.17, 15) is 4.79 Å². The van der Waals surface area contributed by atoms with Gasteiger partial charge >= 0.3 is 5.97 Å². The Morgan fingerprint density at radius 1 is 1.50 bits per heavy atom. The van der Waals surface area contributed by atoms with Crippen LogP contribution in [-0.4, -0.2) is 13.1 Å². The van der Waals surface area contributed by atoms with Crippen molar-refractivity contribution in [3.63, 3.8) is 0 Å². The van der Waals surface area contributed by atoms with Gasteiger partial charge in [-0.3, -0.25) is 0 Å². The van der Waals surface area contributed by atoms with Crippen LogP contribution in [0.3, 0.4) is 0 Å². The van der Waals surface area contributed by atoms with E-state index in [2.05, 4.69) is 26.8 Å². The molecule has 2 bridgehead atoms. The highest BCUT2D eigenvalue weighted by Gasteiger charge is 2.58. The summed E-state index contributed by atoms with van der Waals surface area (Å²) in [6, 6.07) is 0. The molecular weight excluding hydrogens is 176 g/mol. The average Bonchev–Trinajstić information content (AvgIpc) is 2.47. The minimum atomic E-state index is -0.136. The maximum Gasteiger partial charge on any atom is 0.333 e. The number of methoxy groups -OCH3 is 1. The second-order valence-electron chi connectivity index (χ2n) is 5.27. The molecule has 0 aromatic rings. The maximum absolute atomic E-state index is 11.6. The lowest BCUT2D eigenvalue weighted by molar-refractivity contribution is -0.137. The van der Waals surface area contributed by atoms with Crippen LogP contribution in [0.5, 0.6) is 0 Å². The quantitative estimate of drug-likeness (QED) is 0.600. The van der Waals surface area contributed by atoms with Gasteiger partial charge in [-0.05, 0) is 24.2 Å². The summed E-state index contributed by atoms with van der Waals surface area (Å²) in [4.78, 5) is 11.6. The minimum absolute atomic E-state index is 0.0325. The van der Waals surface area contributed by atoms with Crippen LogP contribution >= 0.6 is 0 Å². The average molecular weight is 194 g/mol. The molecule has 2 rings (SSSR count). The van der Waals surface area contributed by atoms with Gasteiger partial charge in [0.2, 0.25) is 0 Å². The number of hydrogen-bond donors (Lipinski definition) is 0. The van der Waals surface area contributed by atoms with E-state index in [0.717, 1.165) is 12.0 Å². The molecule has 1 saturated carbocycles. The van der Waals surface area contributed by atoms with Crippen molar-refractivity contribution >= 4 is 5.97 Å². The lowest BCUT2D eigenvalue weighted by atomic mass is 9.67. The van der Waals surface area contributed by atoms with Gasteiger partial charge < -0.3 is 4.74 Å². The van der Waals surface area contributed by atoms with Gasteiger partial charge in [-0.2, -0.15) is 0 Å². The second kappa shape index (κ2) is 2.62. The van der Waals surface area contributed by atoms with Gasteiger partial charge in [0.05, 0.1) is 7.11 Å². The normalized spacial score (nSPS) is 38.3. The first-order valence-electron chi connectivity index (χ1n) is 5.24. The number of carbonyl (C=O) groups excluding carboxylic acids is 1. The van der Waals surface area contributed by atoms with Crippen molar-refractivity contribution < 1.29 is 9.53 Å². The number of allylic oxidation sites excluding steroid dienone is 1. The predicted molar refractivity (Wildman–Crippen MR) is 54.7 cm³/mol. The summed E-state index contributed by atoms with van der Waals surface area (Å²) in [6.07, 6.45) is 4.46. The fourth-order valence-electron chi connectivity index (χ4n) is 3.10. The zero-order valence-electron chi connectivity index (χ0n) is 9.39. The molecule has 0 saturated heterocycles. The highest BCUT2D eigenvalue weighted by Crippen LogP contribution is 2.65. The van der Waals surface area contributed by atoms with Crippen LogP contribution in [0.15, 0.2) is 11.6 Å². The van der Waals surface area contributed by atoms with Crippen LogP contribution in [0.4, 0.5) is 0 Å². The van der Waals surface area contributed by atoms with Gasteiger partial charge in [-0.1, -0.05) is 26.8 Å². The number of hydrogen-bond acceptors (Lipinski definition) is 2. The molecule has 2 heteroatoms. The number of fused-ring (bicyclic) bond motifs is 2. The van der Waals surface area contributed by atoms with E-state index >= 15 is 0 Å². The molecule has 0 spiro atoms. The molecule has 0 radical (unpaired) electrons. The lowest BCUT2D eigenvalue weighted by Gasteiger charge is -2.36. The molecule has 2 nitrogen and oxygen atoms in total. The summed E-state index contributed by atoms with van der Waals surface area (Å²) >= 11 is 0. The molecule has 0 aromatic carbocycles. The third kappa shape index (κ3) is 0.891. The Morgan fingerprint density at radius 2 is 2.14 bits per heavy atom. The zero-order valence-corrected chi connectivity index (χ0v) is 9.39. The standard InChI is InChI=1S/C12H18O2/c1-11(2)8-5-6-12(11,3)9(7-8)10(13)14-4/h7-8H,5-6H2,1-4H3. The molecule has 78 valence electrons. The predicted octanol–water partition coefficient (Wildman–Crippen LogP) is 2.54. The van der Waals surface area contributed by atoms with Crippen LogP contribution in [-0.2, 0) is 9.53 Å². The summed E-state index contributed by atoms with van der Waals surface area (Å²) in [6.45, 7) is 6.72. The Kier molecular flexibility index (Phi) is 1.82. The number of carbonyl (C=O) groups is 1. The van der Waals surface area contributed by atoms with Gasteiger partial charge in [0.25, 0.3) is 0 Å². The molecule has 0 amide bonds. The summed E-state index contributed by atoms with van der Waals surface area (Å²) < 4.78 is 4.84. The highest BCUT2D eigenvalue weighted by molar-refractivity contribution is 5.91. The Hall–Kier alpha value is -0.790. The first-order chi connectivity index (χ1) is 6.43. The van der Waals surface area contributed by atoms with Crippen molar-refractivity contribution in [2.75, 3.05) is 7.11 Å². The smallest absolute Gasteiger partial charge is 0.333 e. The van der Waals surface area contributed by atoms with Crippen molar-refractivity contribution in [2.24, 2.45) is 16.7 Å². The first-order valence-corrected chi connectivity index (χ1v) is 5.24. The van der Waals surface area contributed by atoms with Gasteiger partial charge in [-0.25, -0.2) is 4.79 Å². The van der Waals surface area contributed by atoms with E-state index in [-0.39, 0.29) is 16.8 Å².